The summed E-state index contributed by atoms with van der Waals surface area (Å²) in [5.74, 6) is 2.54. The monoisotopic (exact) mass is 399 g/mol. The molecule has 1 aliphatic rings. The van der Waals surface area contributed by atoms with Gasteiger partial charge in [0.25, 0.3) is 0 Å². The van der Waals surface area contributed by atoms with Crippen molar-refractivity contribution in [1.29, 1.82) is 0 Å². The van der Waals surface area contributed by atoms with E-state index in [1.54, 1.807) is 0 Å². The van der Waals surface area contributed by atoms with Crippen molar-refractivity contribution < 1.29 is 4.74 Å². The number of ether oxygens (including phenoxy) is 1. The Morgan fingerprint density at radius 3 is 2.66 bits per heavy atom. The zero-order valence-corrected chi connectivity index (χ0v) is 17.8. The van der Waals surface area contributed by atoms with Crippen LogP contribution in [0.5, 0.6) is 0 Å². The first-order chi connectivity index (χ1) is 14.1. The predicted octanol–water partition coefficient (Wildman–Crippen LogP) is 1.64. The van der Waals surface area contributed by atoms with Crippen LogP contribution >= 0.6 is 0 Å². The molecule has 1 atom stereocenters. The fourth-order valence-electron chi connectivity index (χ4n) is 3.26. The number of nitrogens with one attached hydrogen (secondary N) is 2. The second kappa shape index (κ2) is 10.9. The summed E-state index contributed by atoms with van der Waals surface area (Å²) in [5, 5.41) is 15.3. The van der Waals surface area contributed by atoms with Crippen molar-refractivity contribution in [2.45, 2.75) is 32.9 Å². The van der Waals surface area contributed by atoms with Gasteiger partial charge in [-0.25, -0.2) is 4.99 Å². The van der Waals surface area contributed by atoms with Crippen molar-refractivity contribution in [3.05, 3.63) is 47.5 Å². The molecular weight excluding hydrogens is 366 g/mol. The number of morpholine rings is 1. The van der Waals surface area contributed by atoms with E-state index in [1.165, 1.54) is 5.56 Å². The number of aliphatic imine (C=N–C) groups is 1. The van der Waals surface area contributed by atoms with Crippen LogP contribution in [0.25, 0.3) is 0 Å². The standard InChI is InChI=1S/C21H33N7O/c1-17(19-8-5-4-6-9-19)24-21(23-16-20-26-25-18(2)27(20)3)22-10-7-11-28-12-14-29-15-13-28/h4-6,8-9,17H,7,10-16H2,1-3H3,(H2,22,23,24). The molecule has 2 heterocycles. The highest BCUT2D eigenvalue weighted by Gasteiger charge is 2.11. The van der Waals surface area contributed by atoms with Gasteiger partial charge < -0.3 is 19.9 Å². The highest BCUT2D eigenvalue weighted by atomic mass is 16.5. The SMILES string of the molecule is Cc1nnc(CN=C(NCCCN2CCOCC2)NC(C)c2ccccc2)n1C. The minimum absolute atomic E-state index is 0.155. The molecule has 0 amide bonds. The molecule has 0 saturated carbocycles. The molecule has 1 unspecified atom stereocenters. The Bertz CT molecular complexity index is 769. The number of rotatable bonds is 8. The second-order valence-corrected chi connectivity index (χ2v) is 7.40. The Morgan fingerprint density at radius 1 is 1.21 bits per heavy atom. The van der Waals surface area contributed by atoms with Crippen molar-refractivity contribution in [2.75, 3.05) is 39.4 Å². The molecule has 0 bridgehead atoms. The van der Waals surface area contributed by atoms with E-state index in [2.05, 4.69) is 56.9 Å². The van der Waals surface area contributed by atoms with Crippen LogP contribution < -0.4 is 10.6 Å². The summed E-state index contributed by atoms with van der Waals surface area (Å²) in [7, 11) is 1.97. The molecule has 1 aromatic carbocycles. The van der Waals surface area contributed by atoms with Gasteiger partial charge in [-0.3, -0.25) is 4.90 Å². The van der Waals surface area contributed by atoms with Crippen molar-refractivity contribution >= 4 is 5.96 Å². The van der Waals surface area contributed by atoms with E-state index in [9.17, 15) is 0 Å². The van der Waals surface area contributed by atoms with Gasteiger partial charge in [0, 0.05) is 26.7 Å². The Hall–Kier alpha value is -2.45. The van der Waals surface area contributed by atoms with E-state index in [0.717, 1.165) is 63.4 Å². The molecule has 8 heteroatoms. The van der Waals surface area contributed by atoms with E-state index in [1.807, 2.05) is 24.6 Å². The number of benzene rings is 1. The maximum absolute atomic E-state index is 5.42. The number of aromatic nitrogens is 3. The first-order valence-electron chi connectivity index (χ1n) is 10.4. The van der Waals surface area contributed by atoms with Gasteiger partial charge in [0.15, 0.2) is 11.8 Å². The number of nitrogens with zero attached hydrogens (tertiary/aromatic N) is 5. The van der Waals surface area contributed by atoms with Gasteiger partial charge in [0.2, 0.25) is 0 Å². The van der Waals surface area contributed by atoms with Crippen LogP contribution in [-0.4, -0.2) is 65.0 Å². The minimum atomic E-state index is 0.155. The largest absolute Gasteiger partial charge is 0.379 e. The van der Waals surface area contributed by atoms with Crippen LogP contribution in [0.15, 0.2) is 35.3 Å². The molecule has 158 valence electrons. The van der Waals surface area contributed by atoms with Crippen LogP contribution in [0.2, 0.25) is 0 Å². The normalized spacial score (nSPS) is 16.6. The van der Waals surface area contributed by atoms with Crippen LogP contribution in [-0.2, 0) is 18.3 Å². The lowest BCUT2D eigenvalue weighted by atomic mass is 10.1. The average molecular weight is 400 g/mol. The molecule has 0 radical (unpaired) electrons. The quantitative estimate of drug-likeness (QED) is 0.399. The zero-order chi connectivity index (χ0) is 20.5. The molecule has 0 aliphatic carbocycles. The van der Waals surface area contributed by atoms with E-state index in [0.29, 0.717) is 6.54 Å². The molecule has 1 aliphatic heterocycles. The molecule has 29 heavy (non-hydrogen) atoms. The Kier molecular flexibility index (Phi) is 8.01. The number of hydrogen-bond donors (Lipinski definition) is 2. The van der Waals surface area contributed by atoms with Crippen LogP contribution in [0.3, 0.4) is 0 Å². The van der Waals surface area contributed by atoms with E-state index < -0.39 is 0 Å². The molecule has 1 aromatic heterocycles. The number of hydrogen-bond acceptors (Lipinski definition) is 5. The van der Waals surface area contributed by atoms with Crippen LogP contribution in [0.4, 0.5) is 0 Å². The van der Waals surface area contributed by atoms with Crippen molar-refractivity contribution in [3.63, 3.8) is 0 Å². The first kappa shape index (κ1) is 21.3. The van der Waals surface area contributed by atoms with Gasteiger partial charge in [0.1, 0.15) is 12.4 Å². The highest BCUT2D eigenvalue weighted by molar-refractivity contribution is 5.80. The second-order valence-electron chi connectivity index (χ2n) is 7.40. The maximum Gasteiger partial charge on any atom is 0.192 e. The molecule has 1 fully saturated rings. The summed E-state index contributed by atoms with van der Waals surface area (Å²) < 4.78 is 7.39. The van der Waals surface area contributed by atoms with Gasteiger partial charge in [-0.1, -0.05) is 30.3 Å². The molecule has 0 spiro atoms. The van der Waals surface area contributed by atoms with Crippen molar-refractivity contribution in [3.8, 4) is 0 Å². The Labute approximate surface area is 173 Å². The van der Waals surface area contributed by atoms with Crippen molar-refractivity contribution in [1.82, 2.24) is 30.3 Å². The molecule has 8 nitrogen and oxygen atoms in total. The van der Waals surface area contributed by atoms with Gasteiger partial charge >= 0.3 is 0 Å². The minimum Gasteiger partial charge on any atom is -0.379 e. The average Bonchev–Trinajstić information content (AvgIpc) is 3.08. The summed E-state index contributed by atoms with van der Waals surface area (Å²) in [6, 6.07) is 10.6. The lowest BCUT2D eigenvalue weighted by molar-refractivity contribution is 0.0376. The molecular formula is C21H33N7O. The molecule has 3 rings (SSSR count). The number of guanidine groups is 1. The molecule has 2 aromatic rings. The van der Waals surface area contributed by atoms with Gasteiger partial charge in [-0.05, 0) is 32.4 Å². The van der Waals surface area contributed by atoms with E-state index >= 15 is 0 Å². The fraction of sp³-hybridized carbons (Fsp3) is 0.571. The smallest absolute Gasteiger partial charge is 0.192 e. The van der Waals surface area contributed by atoms with Crippen molar-refractivity contribution in [2.24, 2.45) is 12.0 Å². The van der Waals surface area contributed by atoms with Gasteiger partial charge in [-0.15, -0.1) is 10.2 Å². The Morgan fingerprint density at radius 2 is 1.97 bits per heavy atom. The van der Waals surface area contributed by atoms with Gasteiger partial charge in [0.05, 0.1) is 19.3 Å². The summed E-state index contributed by atoms with van der Waals surface area (Å²) in [6.45, 7) is 10.2. The Balaban J connectivity index is 1.57. The molecule has 1 saturated heterocycles. The summed E-state index contributed by atoms with van der Waals surface area (Å²) in [5.41, 5.74) is 1.23. The van der Waals surface area contributed by atoms with Gasteiger partial charge in [-0.2, -0.15) is 0 Å². The topological polar surface area (TPSA) is 79.6 Å². The maximum atomic E-state index is 5.42. The predicted molar refractivity (Wildman–Crippen MR) is 115 cm³/mol. The summed E-state index contributed by atoms with van der Waals surface area (Å²) >= 11 is 0. The highest BCUT2D eigenvalue weighted by Crippen LogP contribution is 2.11. The lowest BCUT2D eigenvalue weighted by Crippen LogP contribution is -2.41. The summed E-state index contributed by atoms with van der Waals surface area (Å²) in [6.07, 6.45) is 1.06. The first-order valence-corrected chi connectivity index (χ1v) is 10.4. The summed E-state index contributed by atoms with van der Waals surface area (Å²) in [4.78, 5) is 7.20. The molecule has 2 N–H and O–H groups in total. The number of aryl methyl sites for hydroxylation is 1. The van der Waals surface area contributed by atoms with E-state index in [-0.39, 0.29) is 6.04 Å². The van der Waals surface area contributed by atoms with Crippen LogP contribution in [0, 0.1) is 6.92 Å². The fourth-order valence-corrected chi connectivity index (χ4v) is 3.26. The lowest BCUT2D eigenvalue weighted by Gasteiger charge is -2.26. The van der Waals surface area contributed by atoms with E-state index in [4.69, 9.17) is 9.73 Å². The van der Waals surface area contributed by atoms with Crippen LogP contribution in [0.1, 0.15) is 36.6 Å². The third-order valence-corrected chi connectivity index (χ3v) is 5.26. The zero-order valence-electron chi connectivity index (χ0n) is 17.8. The third kappa shape index (κ3) is 6.54. The third-order valence-electron chi connectivity index (χ3n) is 5.26.